The molecule has 1 aliphatic rings. The van der Waals surface area contributed by atoms with Gasteiger partial charge < -0.3 is 15.2 Å². The molecule has 3 heteroatoms. The normalized spacial score (nSPS) is 15.9. The third-order valence-electron chi connectivity index (χ3n) is 2.78. The molecule has 1 unspecified atom stereocenters. The Hall–Kier alpha value is -1.06. The second-order valence-corrected chi connectivity index (χ2v) is 3.82. The van der Waals surface area contributed by atoms with Crippen molar-refractivity contribution in [3.8, 4) is 5.75 Å². The van der Waals surface area contributed by atoms with E-state index in [0.717, 1.165) is 30.8 Å². The average Bonchev–Trinajstić information content (AvgIpc) is 2.73. The van der Waals surface area contributed by atoms with Crippen LogP contribution >= 0.6 is 0 Å². The summed E-state index contributed by atoms with van der Waals surface area (Å²) < 4.78 is 10.6. The third kappa shape index (κ3) is 2.13. The number of para-hydroxylation sites is 1. The van der Waals surface area contributed by atoms with Crippen LogP contribution in [-0.2, 0) is 11.2 Å². The minimum Gasteiger partial charge on any atom is -0.493 e. The monoisotopic (exact) mass is 207 g/mol. The first-order valence-corrected chi connectivity index (χ1v) is 5.32. The van der Waals surface area contributed by atoms with Gasteiger partial charge in [0.1, 0.15) is 5.75 Å². The Morgan fingerprint density at radius 2 is 2.40 bits per heavy atom. The summed E-state index contributed by atoms with van der Waals surface area (Å²) in [6, 6.07) is 6.22. The van der Waals surface area contributed by atoms with Crippen LogP contribution in [0.5, 0.6) is 5.75 Å². The van der Waals surface area contributed by atoms with Crippen LogP contribution < -0.4 is 10.5 Å². The number of methoxy groups -OCH3 is 1. The van der Waals surface area contributed by atoms with Crippen LogP contribution in [0.1, 0.15) is 23.6 Å². The summed E-state index contributed by atoms with van der Waals surface area (Å²) in [6.07, 6.45) is 1.83. The van der Waals surface area contributed by atoms with Gasteiger partial charge in [0, 0.05) is 31.7 Å². The first-order chi connectivity index (χ1) is 7.33. The molecule has 0 saturated heterocycles. The van der Waals surface area contributed by atoms with Gasteiger partial charge in [0.25, 0.3) is 0 Å². The lowest BCUT2D eigenvalue weighted by molar-refractivity contribution is 0.187. The molecule has 1 aliphatic heterocycles. The van der Waals surface area contributed by atoms with Gasteiger partial charge >= 0.3 is 0 Å². The molecule has 1 aromatic rings. The molecular weight excluding hydrogens is 190 g/mol. The van der Waals surface area contributed by atoms with Crippen molar-refractivity contribution >= 4 is 0 Å². The summed E-state index contributed by atoms with van der Waals surface area (Å²) in [5.74, 6) is 1.00. The van der Waals surface area contributed by atoms with E-state index in [2.05, 4.69) is 12.1 Å². The van der Waals surface area contributed by atoms with E-state index in [0.29, 0.717) is 6.61 Å². The van der Waals surface area contributed by atoms with E-state index in [1.807, 2.05) is 6.07 Å². The predicted octanol–water partition coefficient (Wildman–Crippen LogP) is 1.66. The molecule has 1 atom stereocenters. The fourth-order valence-electron chi connectivity index (χ4n) is 1.93. The maximum absolute atomic E-state index is 6.09. The maximum atomic E-state index is 6.09. The number of benzene rings is 1. The molecule has 0 amide bonds. The Balaban J connectivity index is 2.17. The summed E-state index contributed by atoms with van der Waals surface area (Å²) >= 11 is 0. The summed E-state index contributed by atoms with van der Waals surface area (Å²) in [7, 11) is 1.69. The fourth-order valence-corrected chi connectivity index (χ4v) is 1.93. The molecule has 0 aliphatic carbocycles. The number of ether oxygens (including phenoxy) is 2. The van der Waals surface area contributed by atoms with E-state index in [1.54, 1.807) is 7.11 Å². The van der Waals surface area contributed by atoms with Crippen molar-refractivity contribution in [3.63, 3.8) is 0 Å². The molecule has 1 heterocycles. The lowest BCUT2D eigenvalue weighted by Crippen LogP contribution is -2.13. The Morgan fingerprint density at radius 3 is 3.20 bits per heavy atom. The fraction of sp³-hybridized carbons (Fsp3) is 0.500. The molecule has 0 radical (unpaired) electrons. The van der Waals surface area contributed by atoms with E-state index in [1.165, 1.54) is 5.56 Å². The summed E-state index contributed by atoms with van der Waals surface area (Å²) in [4.78, 5) is 0. The van der Waals surface area contributed by atoms with Crippen LogP contribution in [0.15, 0.2) is 18.2 Å². The van der Waals surface area contributed by atoms with Crippen LogP contribution in [0.2, 0.25) is 0 Å². The maximum Gasteiger partial charge on any atom is 0.127 e. The lowest BCUT2D eigenvalue weighted by Gasteiger charge is -2.14. The van der Waals surface area contributed by atoms with E-state index in [9.17, 15) is 0 Å². The standard InChI is InChI=1S/C12H17NO2/c1-14-7-6-11(13)10-4-2-3-9-5-8-15-12(9)10/h2-4,11H,5-8,13H2,1H3. The SMILES string of the molecule is COCCC(N)c1cccc2c1OCC2. The first kappa shape index (κ1) is 10.5. The number of nitrogens with two attached hydrogens (primary N) is 1. The van der Waals surface area contributed by atoms with Crippen molar-refractivity contribution in [1.82, 2.24) is 0 Å². The lowest BCUT2D eigenvalue weighted by atomic mass is 10.0. The first-order valence-electron chi connectivity index (χ1n) is 5.32. The zero-order chi connectivity index (χ0) is 10.7. The highest BCUT2D eigenvalue weighted by Gasteiger charge is 2.19. The molecule has 15 heavy (non-hydrogen) atoms. The molecule has 2 rings (SSSR count). The molecule has 0 spiro atoms. The van der Waals surface area contributed by atoms with Crippen LogP contribution in [0.3, 0.4) is 0 Å². The third-order valence-corrected chi connectivity index (χ3v) is 2.78. The number of rotatable bonds is 4. The molecule has 0 aromatic heterocycles. The van der Waals surface area contributed by atoms with Gasteiger partial charge in [-0.15, -0.1) is 0 Å². The number of fused-ring (bicyclic) bond motifs is 1. The van der Waals surface area contributed by atoms with Crippen molar-refractivity contribution < 1.29 is 9.47 Å². The molecular formula is C12H17NO2. The average molecular weight is 207 g/mol. The molecule has 0 saturated carbocycles. The molecule has 3 nitrogen and oxygen atoms in total. The van der Waals surface area contributed by atoms with Gasteiger partial charge in [0.2, 0.25) is 0 Å². The van der Waals surface area contributed by atoms with Crippen molar-refractivity contribution in [3.05, 3.63) is 29.3 Å². The Morgan fingerprint density at radius 1 is 1.53 bits per heavy atom. The van der Waals surface area contributed by atoms with Gasteiger partial charge in [-0.1, -0.05) is 18.2 Å². The van der Waals surface area contributed by atoms with Gasteiger partial charge in [-0.3, -0.25) is 0 Å². The largest absolute Gasteiger partial charge is 0.493 e. The highest BCUT2D eigenvalue weighted by Crippen LogP contribution is 2.33. The van der Waals surface area contributed by atoms with Crippen LogP contribution in [0, 0.1) is 0 Å². The molecule has 0 bridgehead atoms. The second kappa shape index (κ2) is 4.64. The summed E-state index contributed by atoms with van der Waals surface area (Å²) in [5, 5.41) is 0. The number of hydrogen-bond donors (Lipinski definition) is 1. The quantitative estimate of drug-likeness (QED) is 0.816. The molecule has 82 valence electrons. The highest BCUT2D eigenvalue weighted by atomic mass is 16.5. The van der Waals surface area contributed by atoms with E-state index >= 15 is 0 Å². The summed E-state index contributed by atoms with van der Waals surface area (Å²) in [6.45, 7) is 1.47. The van der Waals surface area contributed by atoms with Crippen LogP contribution in [0.25, 0.3) is 0 Å². The van der Waals surface area contributed by atoms with Gasteiger partial charge in [-0.25, -0.2) is 0 Å². The highest BCUT2D eigenvalue weighted by molar-refractivity contribution is 5.45. The Labute approximate surface area is 90.2 Å². The van der Waals surface area contributed by atoms with Gasteiger partial charge in [-0.05, 0) is 12.0 Å². The Kier molecular flexibility index (Phi) is 3.23. The van der Waals surface area contributed by atoms with Crippen molar-refractivity contribution in [2.45, 2.75) is 18.9 Å². The Bertz CT molecular complexity index is 338. The molecule has 0 fully saturated rings. The zero-order valence-corrected chi connectivity index (χ0v) is 9.03. The molecule has 2 N–H and O–H groups in total. The van der Waals surface area contributed by atoms with Crippen molar-refractivity contribution in [2.75, 3.05) is 20.3 Å². The summed E-state index contributed by atoms with van der Waals surface area (Å²) in [5.41, 5.74) is 8.49. The van der Waals surface area contributed by atoms with Crippen molar-refractivity contribution in [2.24, 2.45) is 5.73 Å². The van der Waals surface area contributed by atoms with E-state index in [-0.39, 0.29) is 6.04 Å². The smallest absolute Gasteiger partial charge is 0.127 e. The topological polar surface area (TPSA) is 44.5 Å². The minimum atomic E-state index is 0.0120. The van der Waals surface area contributed by atoms with Gasteiger partial charge in [0.15, 0.2) is 0 Å². The van der Waals surface area contributed by atoms with Crippen molar-refractivity contribution in [1.29, 1.82) is 0 Å². The van der Waals surface area contributed by atoms with E-state index < -0.39 is 0 Å². The predicted molar refractivity (Wildman–Crippen MR) is 59.1 cm³/mol. The zero-order valence-electron chi connectivity index (χ0n) is 9.03. The number of hydrogen-bond acceptors (Lipinski definition) is 3. The van der Waals surface area contributed by atoms with Gasteiger partial charge in [-0.2, -0.15) is 0 Å². The van der Waals surface area contributed by atoms with E-state index in [4.69, 9.17) is 15.2 Å². The van der Waals surface area contributed by atoms with Gasteiger partial charge in [0.05, 0.1) is 6.61 Å². The molecule has 1 aromatic carbocycles. The second-order valence-electron chi connectivity index (χ2n) is 3.82. The van der Waals surface area contributed by atoms with Crippen LogP contribution in [0.4, 0.5) is 0 Å². The minimum absolute atomic E-state index is 0.0120. The van der Waals surface area contributed by atoms with Crippen LogP contribution in [-0.4, -0.2) is 20.3 Å².